The number of phosphoric acid groups is 1. The fraction of sp³-hybridized carbons (Fsp3) is 0.273. The molecule has 6 rings (SSSR count). The molecule has 2 fully saturated rings. The number of amides is 4. The molecule has 3 heterocycles. The van der Waals surface area contributed by atoms with E-state index in [4.69, 9.17) is 0 Å². The standard InChI is InChI=1S/C33H36N7O7P/c1-3-16-38-21-30(41)39-28(17-23-12-14-26(15-13-23)47-48(44,45)46)32(42)37(19-25-10-7-11-27-22(2)35-36-31(25)27)20-29(39)40(38)33(43)34-18-24-8-5-4-6-9-24/h3-15,28-29H,1,16-21H2,2H3,(H,34,43)(H,35,36)(H2,44,45,46)/t28-,29-/m0/s1. The number of urea groups is 1. The van der Waals surface area contributed by atoms with Crippen molar-refractivity contribution in [3.63, 3.8) is 0 Å². The first-order valence-corrected chi connectivity index (χ1v) is 16.9. The van der Waals surface area contributed by atoms with E-state index in [0.717, 1.165) is 27.7 Å². The molecule has 48 heavy (non-hydrogen) atoms. The highest BCUT2D eigenvalue weighted by atomic mass is 31.2. The lowest BCUT2D eigenvalue weighted by Gasteiger charge is -2.55. The van der Waals surface area contributed by atoms with Gasteiger partial charge in [-0.2, -0.15) is 5.10 Å². The molecule has 0 bridgehead atoms. The van der Waals surface area contributed by atoms with Crippen molar-refractivity contribution in [3.05, 3.63) is 108 Å². The Bertz CT molecular complexity index is 1880. The molecule has 0 aliphatic carbocycles. The lowest BCUT2D eigenvalue weighted by Crippen LogP contribution is -2.76. The molecular formula is C33H36N7O7P. The van der Waals surface area contributed by atoms with Crippen LogP contribution in [-0.4, -0.2) is 89.5 Å². The number of aromatic amines is 1. The van der Waals surface area contributed by atoms with Gasteiger partial charge in [-0.1, -0.05) is 66.7 Å². The summed E-state index contributed by atoms with van der Waals surface area (Å²) in [4.78, 5) is 63.7. The molecule has 2 aliphatic rings. The van der Waals surface area contributed by atoms with Crippen molar-refractivity contribution in [3.8, 4) is 5.75 Å². The van der Waals surface area contributed by atoms with Gasteiger partial charge in [-0.3, -0.25) is 24.5 Å². The monoisotopic (exact) mass is 673 g/mol. The summed E-state index contributed by atoms with van der Waals surface area (Å²) < 4.78 is 16.0. The first-order valence-electron chi connectivity index (χ1n) is 15.4. The first-order chi connectivity index (χ1) is 23.0. The Balaban J connectivity index is 1.35. The summed E-state index contributed by atoms with van der Waals surface area (Å²) in [5.41, 5.74) is 3.96. The summed E-state index contributed by atoms with van der Waals surface area (Å²) in [6.07, 6.45) is 0.855. The third-order valence-corrected chi connectivity index (χ3v) is 8.91. The molecule has 4 amide bonds. The Kier molecular flexibility index (Phi) is 9.33. The van der Waals surface area contributed by atoms with Gasteiger partial charge >= 0.3 is 13.9 Å². The van der Waals surface area contributed by atoms with Crippen LogP contribution >= 0.6 is 7.82 Å². The van der Waals surface area contributed by atoms with E-state index in [-0.39, 0.29) is 56.7 Å². The van der Waals surface area contributed by atoms with Gasteiger partial charge in [-0.05, 0) is 35.7 Å². The Morgan fingerprint density at radius 3 is 2.54 bits per heavy atom. The second-order valence-electron chi connectivity index (χ2n) is 11.7. The van der Waals surface area contributed by atoms with Crippen LogP contribution in [0.3, 0.4) is 0 Å². The maximum atomic E-state index is 14.4. The summed E-state index contributed by atoms with van der Waals surface area (Å²) in [7, 11) is -4.76. The molecule has 3 aromatic carbocycles. The minimum absolute atomic E-state index is 0.0423. The van der Waals surface area contributed by atoms with E-state index < -0.39 is 26.1 Å². The number of H-pyrrole nitrogens is 1. The van der Waals surface area contributed by atoms with Crippen molar-refractivity contribution in [2.75, 3.05) is 19.6 Å². The minimum atomic E-state index is -4.76. The third-order valence-electron chi connectivity index (χ3n) is 8.46. The number of rotatable bonds is 10. The van der Waals surface area contributed by atoms with E-state index >= 15 is 0 Å². The number of hydrazine groups is 1. The second kappa shape index (κ2) is 13.6. The van der Waals surface area contributed by atoms with Crippen LogP contribution in [0.4, 0.5) is 4.79 Å². The number of fused-ring (bicyclic) bond motifs is 2. The molecule has 0 radical (unpaired) electrons. The van der Waals surface area contributed by atoms with Crippen LogP contribution in [0, 0.1) is 6.92 Å². The predicted octanol–water partition coefficient (Wildman–Crippen LogP) is 3.08. The highest BCUT2D eigenvalue weighted by Gasteiger charge is 2.51. The Morgan fingerprint density at radius 2 is 1.83 bits per heavy atom. The maximum absolute atomic E-state index is 14.4. The van der Waals surface area contributed by atoms with E-state index in [1.54, 1.807) is 28.1 Å². The molecule has 0 saturated carbocycles. The predicted molar refractivity (Wildman–Crippen MR) is 176 cm³/mol. The van der Waals surface area contributed by atoms with Gasteiger partial charge in [0.05, 0.1) is 18.6 Å². The molecule has 14 nitrogen and oxygen atoms in total. The van der Waals surface area contributed by atoms with Gasteiger partial charge in [-0.25, -0.2) is 19.4 Å². The van der Waals surface area contributed by atoms with E-state index in [9.17, 15) is 28.7 Å². The average Bonchev–Trinajstić information content (AvgIpc) is 3.44. The summed E-state index contributed by atoms with van der Waals surface area (Å²) in [6.45, 7) is 6.31. The van der Waals surface area contributed by atoms with Crippen molar-refractivity contribution in [2.45, 2.75) is 38.6 Å². The molecule has 4 aromatic rings. The number of carbonyl (C=O) groups excluding carboxylic acids is 3. The molecule has 2 aliphatic heterocycles. The van der Waals surface area contributed by atoms with Gasteiger partial charge < -0.3 is 19.6 Å². The van der Waals surface area contributed by atoms with Gasteiger partial charge in [0, 0.05) is 37.1 Å². The zero-order chi connectivity index (χ0) is 34.0. The van der Waals surface area contributed by atoms with Gasteiger partial charge in [0.25, 0.3) is 0 Å². The van der Waals surface area contributed by atoms with Crippen LogP contribution in [0.15, 0.2) is 85.5 Å². The number of benzene rings is 3. The van der Waals surface area contributed by atoms with Crippen LogP contribution < -0.4 is 9.84 Å². The number of nitrogens with one attached hydrogen (secondary N) is 2. The average molecular weight is 674 g/mol. The van der Waals surface area contributed by atoms with Gasteiger partial charge in [0.2, 0.25) is 11.8 Å². The van der Waals surface area contributed by atoms with Crippen molar-refractivity contribution >= 4 is 36.6 Å². The summed E-state index contributed by atoms with van der Waals surface area (Å²) >= 11 is 0. The van der Waals surface area contributed by atoms with E-state index in [1.165, 1.54) is 22.0 Å². The highest BCUT2D eigenvalue weighted by molar-refractivity contribution is 7.46. The zero-order valence-electron chi connectivity index (χ0n) is 26.2. The summed E-state index contributed by atoms with van der Waals surface area (Å²) in [5.74, 6) is -0.668. The number of carbonyl (C=O) groups is 3. The molecule has 15 heteroatoms. The molecule has 2 atom stereocenters. The largest absolute Gasteiger partial charge is 0.524 e. The van der Waals surface area contributed by atoms with Crippen LogP contribution in [0.1, 0.15) is 22.4 Å². The fourth-order valence-electron chi connectivity index (χ4n) is 6.30. The lowest BCUT2D eigenvalue weighted by molar-refractivity contribution is -0.189. The quantitative estimate of drug-likeness (QED) is 0.146. The SMILES string of the molecule is C=CCN1CC(=O)N2[C@@H](Cc3ccc(OP(=O)(O)O)cc3)C(=O)N(Cc3cccc4c(C)[nH]nc34)C[C@@H]2N1C(=O)NCc1ccccc1. The van der Waals surface area contributed by atoms with Gasteiger partial charge in [0.1, 0.15) is 18.0 Å². The van der Waals surface area contributed by atoms with Crippen molar-refractivity contribution in [1.29, 1.82) is 0 Å². The Morgan fingerprint density at radius 1 is 1.08 bits per heavy atom. The summed E-state index contributed by atoms with van der Waals surface area (Å²) in [6, 6.07) is 19.8. The Labute approximate surface area is 276 Å². The van der Waals surface area contributed by atoms with Crippen LogP contribution in [0.5, 0.6) is 5.75 Å². The highest BCUT2D eigenvalue weighted by Crippen LogP contribution is 2.38. The number of phosphoric ester groups is 1. The zero-order valence-corrected chi connectivity index (χ0v) is 27.1. The van der Waals surface area contributed by atoms with Gasteiger partial charge in [0.15, 0.2) is 0 Å². The number of aromatic nitrogens is 2. The van der Waals surface area contributed by atoms with Crippen molar-refractivity contribution in [1.82, 2.24) is 35.3 Å². The van der Waals surface area contributed by atoms with E-state index in [0.29, 0.717) is 5.56 Å². The molecule has 2 saturated heterocycles. The molecular weight excluding hydrogens is 637 g/mol. The number of para-hydroxylation sites is 1. The lowest BCUT2D eigenvalue weighted by atomic mass is 9.98. The summed E-state index contributed by atoms with van der Waals surface area (Å²) in [5, 5.41) is 14.5. The van der Waals surface area contributed by atoms with E-state index in [1.807, 2.05) is 55.5 Å². The second-order valence-corrected chi connectivity index (χ2v) is 12.9. The van der Waals surface area contributed by atoms with Crippen LogP contribution in [0.25, 0.3) is 10.9 Å². The fourth-order valence-corrected chi connectivity index (χ4v) is 6.70. The number of aryl methyl sites for hydroxylation is 1. The third kappa shape index (κ3) is 6.97. The minimum Gasteiger partial charge on any atom is -0.404 e. The molecule has 4 N–H and O–H groups in total. The maximum Gasteiger partial charge on any atom is 0.524 e. The first kappa shape index (κ1) is 32.9. The Hall–Kier alpha value is -5.01. The smallest absolute Gasteiger partial charge is 0.404 e. The number of nitrogens with zero attached hydrogens (tertiary/aromatic N) is 5. The number of hydrogen-bond acceptors (Lipinski definition) is 7. The van der Waals surface area contributed by atoms with E-state index in [2.05, 4.69) is 26.6 Å². The molecule has 0 unspecified atom stereocenters. The van der Waals surface area contributed by atoms with Gasteiger partial charge in [-0.15, -0.1) is 6.58 Å². The van der Waals surface area contributed by atoms with Crippen molar-refractivity contribution in [2.24, 2.45) is 0 Å². The van der Waals surface area contributed by atoms with Crippen LogP contribution in [0.2, 0.25) is 0 Å². The number of hydrogen-bond donors (Lipinski definition) is 4. The molecule has 250 valence electrons. The van der Waals surface area contributed by atoms with Crippen LogP contribution in [-0.2, 0) is 33.7 Å². The molecule has 0 spiro atoms. The normalized spacial score (nSPS) is 18.6. The number of piperazine rings is 1. The molecule has 1 aromatic heterocycles. The van der Waals surface area contributed by atoms with Crippen molar-refractivity contribution < 1.29 is 33.3 Å². The topological polar surface area (TPSA) is 172 Å².